The number of aliphatic hydroxyl groups excluding tert-OH is 1. The van der Waals surface area contributed by atoms with Crippen LogP contribution in [0.3, 0.4) is 0 Å². The molecule has 1 rings (SSSR count). The van der Waals surface area contributed by atoms with Crippen LogP contribution in [0.1, 0.15) is 25.6 Å². The van der Waals surface area contributed by atoms with Crippen molar-refractivity contribution in [2.24, 2.45) is 13.0 Å². The van der Waals surface area contributed by atoms with Gasteiger partial charge in [0, 0.05) is 32.0 Å². The molecule has 0 aliphatic carbocycles. The highest BCUT2D eigenvalue weighted by atomic mass is 16.3. The highest BCUT2D eigenvalue weighted by Gasteiger charge is 2.16. The fourth-order valence-corrected chi connectivity index (χ4v) is 1.57. The second-order valence-corrected chi connectivity index (χ2v) is 4.87. The van der Waals surface area contributed by atoms with E-state index in [1.165, 1.54) is 0 Å². The third-order valence-corrected chi connectivity index (χ3v) is 2.66. The maximum absolute atomic E-state index is 11.5. The van der Waals surface area contributed by atoms with Crippen molar-refractivity contribution in [3.63, 3.8) is 0 Å². The number of carbonyl (C=O) groups is 2. The van der Waals surface area contributed by atoms with Gasteiger partial charge in [-0.1, -0.05) is 13.8 Å². The van der Waals surface area contributed by atoms with Crippen LogP contribution in [0.2, 0.25) is 0 Å². The Morgan fingerprint density at radius 1 is 1.26 bits per heavy atom. The number of aliphatic hydroxyl groups is 1. The molecular formula is C13H21N3O3. The van der Waals surface area contributed by atoms with Crippen LogP contribution in [0, 0.1) is 5.92 Å². The van der Waals surface area contributed by atoms with E-state index in [-0.39, 0.29) is 12.5 Å². The number of amides is 2. The maximum Gasteiger partial charge on any atom is 0.309 e. The van der Waals surface area contributed by atoms with Crippen LogP contribution in [0.5, 0.6) is 0 Å². The second-order valence-electron chi connectivity index (χ2n) is 4.87. The summed E-state index contributed by atoms with van der Waals surface area (Å²) in [5, 5.41) is 14.8. The summed E-state index contributed by atoms with van der Waals surface area (Å²) >= 11 is 0. The smallest absolute Gasteiger partial charge is 0.309 e. The first-order valence-corrected chi connectivity index (χ1v) is 6.27. The second kappa shape index (κ2) is 6.94. The Balaban J connectivity index is 2.38. The molecule has 1 unspecified atom stereocenters. The zero-order chi connectivity index (χ0) is 14.4. The minimum Gasteiger partial charge on any atom is -0.385 e. The van der Waals surface area contributed by atoms with Gasteiger partial charge in [-0.3, -0.25) is 9.59 Å². The Bertz CT molecular complexity index is 440. The van der Waals surface area contributed by atoms with Gasteiger partial charge in [0.15, 0.2) is 0 Å². The predicted octanol–water partition coefficient (Wildman–Crippen LogP) is -0.0531. The van der Waals surface area contributed by atoms with Crippen molar-refractivity contribution in [3.05, 3.63) is 24.0 Å². The van der Waals surface area contributed by atoms with E-state index in [2.05, 4.69) is 10.6 Å². The lowest BCUT2D eigenvalue weighted by molar-refractivity contribution is -0.139. The minimum atomic E-state index is -0.832. The van der Waals surface area contributed by atoms with Crippen LogP contribution in [0.15, 0.2) is 18.3 Å². The molecule has 0 aliphatic heterocycles. The molecule has 0 aliphatic rings. The topological polar surface area (TPSA) is 83.4 Å². The van der Waals surface area contributed by atoms with Crippen molar-refractivity contribution in [2.45, 2.75) is 20.0 Å². The molecule has 1 aromatic rings. The van der Waals surface area contributed by atoms with E-state index < -0.39 is 17.9 Å². The zero-order valence-corrected chi connectivity index (χ0v) is 11.5. The van der Waals surface area contributed by atoms with Gasteiger partial charge in [-0.2, -0.15) is 0 Å². The Hall–Kier alpha value is -1.82. The van der Waals surface area contributed by atoms with E-state index in [0.717, 1.165) is 0 Å². The van der Waals surface area contributed by atoms with E-state index in [4.69, 9.17) is 0 Å². The van der Waals surface area contributed by atoms with Crippen molar-refractivity contribution < 1.29 is 14.7 Å². The summed E-state index contributed by atoms with van der Waals surface area (Å²) in [6, 6.07) is 3.56. The van der Waals surface area contributed by atoms with Crippen molar-refractivity contribution in [2.75, 3.05) is 13.1 Å². The van der Waals surface area contributed by atoms with Gasteiger partial charge < -0.3 is 20.3 Å². The van der Waals surface area contributed by atoms with Gasteiger partial charge in [0.25, 0.3) is 0 Å². The monoisotopic (exact) mass is 267 g/mol. The molecule has 106 valence electrons. The summed E-state index contributed by atoms with van der Waals surface area (Å²) in [5.41, 5.74) is 0.683. The molecule has 2 amide bonds. The van der Waals surface area contributed by atoms with Gasteiger partial charge in [0.2, 0.25) is 0 Å². The van der Waals surface area contributed by atoms with Gasteiger partial charge >= 0.3 is 11.8 Å². The van der Waals surface area contributed by atoms with E-state index in [9.17, 15) is 14.7 Å². The van der Waals surface area contributed by atoms with Crippen LogP contribution in [0.4, 0.5) is 0 Å². The molecule has 0 aromatic carbocycles. The average molecular weight is 267 g/mol. The summed E-state index contributed by atoms with van der Waals surface area (Å²) in [7, 11) is 1.80. The Morgan fingerprint density at radius 3 is 2.32 bits per heavy atom. The van der Waals surface area contributed by atoms with Gasteiger partial charge in [-0.05, 0) is 18.1 Å². The highest BCUT2D eigenvalue weighted by Crippen LogP contribution is 2.10. The van der Waals surface area contributed by atoms with Crippen LogP contribution in [-0.4, -0.2) is 34.6 Å². The number of aryl methyl sites for hydroxylation is 1. The lowest BCUT2D eigenvalue weighted by Crippen LogP contribution is -2.42. The fraction of sp³-hybridized carbons (Fsp3) is 0.538. The molecule has 0 saturated heterocycles. The van der Waals surface area contributed by atoms with Crippen molar-refractivity contribution in [1.29, 1.82) is 0 Å². The molecule has 0 radical (unpaired) electrons. The lowest BCUT2D eigenvalue weighted by Gasteiger charge is -2.13. The molecule has 6 nitrogen and oxygen atoms in total. The van der Waals surface area contributed by atoms with Crippen LogP contribution in [0.25, 0.3) is 0 Å². The van der Waals surface area contributed by atoms with Crippen molar-refractivity contribution in [3.8, 4) is 0 Å². The first-order valence-electron chi connectivity index (χ1n) is 6.27. The summed E-state index contributed by atoms with van der Waals surface area (Å²) in [5.74, 6) is -1.12. The summed E-state index contributed by atoms with van der Waals surface area (Å²) in [4.78, 5) is 22.9. The summed E-state index contributed by atoms with van der Waals surface area (Å²) < 4.78 is 1.76. The molecule has 1 atom stereocenters. The lowest BCUT2D eigenvalue weighted by atomic mass is 10.2. The normalized spacial score (nSPS) is 12.3. The average Bonchev–Trinajstić information content (AvgIpc) is 2.78. The van der Waals surface area contributed by atoms with E-state index in [0.29, 0.717) is 12.2 Å². The number of nitrogens with zero attached hydrogens (tertiary/aromatic N) is 1. The van der Waals surface area contributed by atoms with Gasteiger partial charge in [-0.15, -0.1) is 0 Å². The Labute approximate surface area is 112 Å². The summed E-state index contributed by atoms with van der Waals surface area (Å²) in [6.45, 7) is 4.34. The zero-order valence-electron chi connectivity index (χ0n) is 11.5. The van der Waals surface area contributed by atoms with Crippen LogP contribution >= 0.6 is 0 Å². The van der Waals surface area contributed by atoms with Gasteiger partial charge in [-0.25, -0.2) is 0 Å². The van der Waals surface area contributed by atoms with Crippen molar-refractivity contribution >= 4 is 11.8 Å². The number of hydrogen-bond acceptors (Lipinski definition) is 3. The molecule has 0 spiro atoms. The molecule has 6 heteroatoms. The molecule has 3 N–H and O–H groups in total. The van der Waals surface area contributed by atoms with E-state index in [1.807, 2.05) is 13.8 Å². The number of nitrogens with one attached hydrogen (secondary N) is 2. The number of rotatable bonds is 5. The van der Waals surface area contributed by atoms with Gasteiger partial charge in [0.1, 0.15) is 6.10 Å². The molecule has 1 aromatic heterocycles. The number of aromatic nitrogens is 1. The molecule has 19 heavy (non-hydrogen) atoms. The molecule has 0 saturated carbocycles. The Morgan fingerprint density at radius 2 is 1.84 bits per heavy atom. The van der Waals surface area contributed by atoms with E-state index in [1.54, 1.807) is 29.9 Å². The van der Waals surface area contributed by atoms with Gasteiger partial charge in [0.05, 0.1) is 0 Å². The van der Waals surface area contributed by atoms with Crippen LogP contribution in [-0.2, 0) is 16.6 Å². The minimum absolute atomic E-state index is 0.00574. The molecule has 0 bridgehead atoms. The first-order chi connectivity index (χ1) is 8.91. The number of hydrogen-bond donors (Lipinski definition) is 3. The standard InChI is InChI=1S/C13H21N3O3/c1-9(2)7-14-12(18)13(19)15-8-11(17)10-5-4-6-16(10)3/h4-6,9,11,17H,7-8H2,1-3H3,(H,14,18)(H,15,19). The Kier molecular flexibility index (Phi) is 5.57. The molecule has 0 fully saturated rings. The van der Waals surface area contributed by atoms with Crippen molar-refractivity contribution in [1.82, 2.24) is 15.2 Å². The predicted molar refractivity (Wildman–Crippen MR) is 71.2 cm³/mol. The third kappa shape index (κ3) is 4.75. The van der Waals surface area contributed by atoms with Crippen LogP contribution < -0.4 is 10.6 Å². The maximum atomic E-state index is 11.5. The summed E-state index contributed by atoms with van der Waals surface area (Å²) in [6.07, 6.45) is 0.970. The first kappa shape index (κ1) is 15.2. The quantitative estimate of drug-likeness (QED) is 0.654. The van der Waals surface area contributed by atoms with E-state index >= 15 is 0 Å². The highest BCUT2D eigenvalue weighted by molar-refractivity contribution is 6.35. The fourth-order valence-electron chi connectivity index (χ4n) is 1.57. The number of carbonyl (C=O) groups excluding carboxylic acids is 2. The largest absolute Gasteiger partial charge is 0.385 e. The molecular weight excluding hydrogens is 246 g/mol. The third-order valence-electron chi connectivity index (χ3n) is 2.66. The molecule has 1 heterocycles. The SMILES string of the molecule is CC(C)CNC(=O)C(=O)NCC(O)c1cccn1C.